The highest BCUT2D eigenvalue weighted by Crippen LogP contribution is 2.16. The Labute approximate surface area is 91.9 Å². The molecule has 1 aliphatic carbocycles. The van der Waals surface area contributed by atoms with Crippen LogP contribution >= 0.6 is 0 Å². The van der Waals surface area contributed by atoms with E-state index in [1.807, 2.05) is 0 Å². The van der Waals surface area contributed by atoms with Gasteiger partial charge in [-0.3, -0.25) is 0 Å². The van der Waals surface area contributed by atoms with Gasteiger partial charge in [0.05, 0.1) is 0 Å². The molecule has 4 nitrogen and oxygen atoms in total. The van der Waals surface area contributed by atoms with Crippen LogP contribution in [0.3, 0.4) is 0 Å². The van der Waals surface area contributed by atoms with E-state index in [0.717, 1.165) is 6.54 Å². The largest absolute Gasteiger partial charge is 0.409 e. The van der Waals surface area contributed by atoms with Crippen molar-refractivity contribution in [3.05, 3.63) is 0 Å². The minimum absolute atomic E-state index is 0.313. The summed E-state index contributed by atoms with van der Waals surface area (Å²) in [6.45, 7) is 0.820. The first-order valence-corrected chi connectivity index (χ1v) is 6.02. The van der Waals surface area contributed by atoms with Crippen LogP contribution < -0.4 is 11.1 Å². The Morgan fingerprint density at radius 3 is 2.40 bits per heavy atom. The van der Waals surface area contributed by atoms with Crippen molar-refractivity contribution in [2.24, 2.45) is 10.9 Å². The first-order valence-electron chi connectivity index (χ1n) is 6.02. The molecule has 4 heteroatoms. The van der Waals surface area contributed by atoms with Gasteiger partial charge in [0.1, 0.15) is 5.84 Å². The number of nitrogens with zero attached hydrogens (tertiary/aromatic N) is 1. The molecule has 0 bridgehead atoms. The van der Waals surface area contributed by atoms with Crippen molar-refractivity contribution in [1.82, 2.24) is 5.32 Å². The molecular weight excluding hydrogens is 190 g/mol. The third-order valence-corrected chi connectivity index (χ3v) is 3.05. The van der Waals surface area contributed by atoms with Crippen molar-refractivity contribution < 1.29 is 5.21 Å². The normalized spacial score (nSPS) is 20.9. The Bertz CT molecular complexity index is 186. The van der Waals surface area contributed by atoms with Gasteiger partial charge in [-0.2, -0.15) is 0 Å². The van der Waals surface area contributed by atoms with Crippen LogP contribution in [0.1, 0.15) is 51.4 Å². The van der Waals surface area contributed by atoms with Gasteiger partial charge >= 0.3 is 0 Å². The van der Waals surface area contributed by atoms with Gasteiger partial charge in [0.2, 0.25) is 0 Å². The van der Waals surface area contributed by atoms with Gasteiger partial charge in [-0.1, -0.05) is 37.3 Å². The minimum atomic E-state index is 0.313. The lowest BCUT2D eigenvalue weighted by Gasteiger charge is -2.20. The number of amidine groups is 1. The number of nitrogens with one attached hydrogen (secondary N) is 1. The van der Waals surface area contributed by atoms with Gasteiger partial charge in [0, 0.05) is 19.0 Å². The van der Waals surface area contributed by atoms with Crippen LogP contribution in [0, 0.1) is 0 Å². The Morgan fingerprint density at radius 2 is 1.80 bits per heavy atom. The first kappa shape index (κ1) is 12.3. The summed E-state index contributed by atoms with van der Waals surface area (Å²) >= 11 is 0. The van der Waals surface area contributed by atoms with E-state index in [2.05, 4.69) is 10.5 Å². The van der Waals surface area contributed by atoms with Gasteiger partial charge in [-0.05, 0) is 12.8 Å². The lowest BCUT2D eigenvalue weighted by molar-refractivity contribution is 0.316. The van der Waals surface area contributed by atoms with Crippen LogP contribution in [0.5, 0.6) is 0 Å². The van der Waals surface area contributed by atoms with Gasteiger partial charge in [-0.25, -0.2) is 0 Å². The third-order valence-electron chi connectivity index (χ3n) is 3.05. The quantitative estimate of drug-likeness (QED) is 0.289. The van der Waals surface area contributed by atoms with Crippen LogP contribution in [0.25, 0.3) is 0 Å². The molecule has 0 aromatic rings. The summed E-state index contributed by atoms with van der Waals surface area (Å²) in [6.07, 6.45) is 10.00. The highest BCUT2D eigenvalue weighted by atomic mass is 16.4. The molecule has 1 rings (SSSR count). The smallest absolute Gasteiger partial charge is 0.140 e. The molecule has 1 saturated carbocycles. The van der Waals surface area contributed by atoms with E-state index in [9.17, 15) is 0 Å². The van der Waals surface area contributed by atoms with Crippen molar-refractivity contribution in [1.29, 1.82) is 0 Å². The van der Waals surface area contributed by atoms with E-state index in [-0.39, 0.29) is 0 Å². The maximum absolute atomic E-state index is 8.39. The number of hydrogen-bond acceptors (Lipinski definition) is 3. The lowest BCUT2D eigenvalue weighted by Crippen LogP contribution is -2.32. The highest BCUT2D eigenvalue weighted by Gasteiger charge is 2.10. The molecule has 0 radical (unpaired) electrons. The molecule has 0 aromatic heterocycles. The van der Waals surface area contributed by atoms with Crippen molar-refractivity contribution in [2.45, 2.75) is 57.4 Å². The average molecular weight is 213 g/mol. The van der Waals surface area contributed by atoms with Crippen molar-refractivity contribution in [3.8, 4) is 0 Å². The Hall–Kier alpha value is -0.770. The lowest BCUT2D eigenvalue weighted by atomic mass is 9.97. The zero-order valence-electron chi connectivity index (χ0n) is 9.41. The summed E-state index contributed by atoms with van der Waals surface area (Å²) in [7, 11) is 0. The van der Waals surface area contributed by atoms with Crippen LogP contribution in [-0.4, -0.2) is 23.6 Å². The number of oxime groups is 1. The second kappa shape index (κ2) is 7.51. The van der Waals surface area contributed by atoms with E-state index in [0.29, 0.717) is 18.3 Å². The molecule has 0 saturated heterocycles. The Kier molecular flexibility index (Phi) is 6.16. The van der Waals surface area contributed by atoms with E-state index >= 15 is 0 Å². The van der Waals surface area contributed by atoms with Crippen molar-refractivity contribution in [2.75, 3.05) is 6.54 Å². The summed E-state index contributed by atoms with van der Waals surface area (Å²) in [5, 5.41) is 14.8. The topological polar surface area (TPSA) is 70.6 Å². The van der Waals surface area contributed by atoms with Crippen molar-refractivity contribution >= 4 is 5.84 Å². The van der Waals surface area contributed by atoms with Gasteiger partial charge in [0.25, 0.3) is 0 Å². The molecular formula is C11H23N3O. The van der Waals surface area contributed by atoms with Gasteiger partial charge in [0.15, 0.2) is 0 Å². The maximum Gasteiger partial charge on any atom is 0.140 e. The second-order valence-electron chi connectivity index (χ2n) is 4.34. The molecule has 1 aliphatic rings. The fourth-order valence-electron chi connectivity index (χ4n) is 2.11. The SMILES string of the molecule is NC(CCNC1CCCCCCC1)=NO. The molecule has 0 unspecified atom stereocenters. The fraction of sp³-hybridized carbons (Fsp3) is 0.909. The van der Waals surface area contributed by atoms with Crippen molar-refractivity contribution in [3.63, 3.8) is 0 Å². The average Bonchev–Trinajstić information content (AvgIpc) is 2.20. The number of rotatable bonds is 4. The predicted octanol–water partition coefficient (Wildman–Crippen LogP) is 1.83. The monoisotopic (exact) mass is 213 g/mol. The summed E-state index contributed by atoms with van der Waals surface area (Å²) in [5.41, 5.74) is 5.40. The first-order chi connectivity index (χ1) is 7.33. The summed E-state index contributed by atoms with van der Waals surface area (Å²) < 4.78 is 0. The molecule has 0 spiro atoms. The van der Waals surface area contributed by atoms with Gasteiger partial charge in [-0.15, -0.1) is 0 Å². The fourth-order valence-corrected chi connectivity index (χ4v) is 2.11. The van der Waals surface area contributed by atoms with Gasteiger partial charge < -0.3 is 16.3 Å². The third kappa shape index (κ3) is 5.62. The van der Waals surface area contributed by atoms with Crippen LogP contribution in [0.2, 0.25) is 0 Å². The van der Waals surface area contributed by atoms with Crippen LogP contribution in [0.15, 0.2) is 5.16 Å². The van der Waals surface area contributed by atoms with Crippen LogP contribution in [-0.2, 0) is 0 Å². The number of nitrogens with two attached hydrogens (primary N) is 1. The molecule has 0 atom stereocenters. The Morgan fingerprint density at radius 1 is 1.20 bits per heavy atom. The summed E-state index contributed by atoms with van der Waals surface area (Å²) in [4.78, 5) is 0. The molecule has 0 aliphatic heterocycles. The zero-order chi connectivity index (χ0) is 10.9. The molecule has 15 heavy (non-hydrogen) atoms. The molecule has 4 N–H and O–H groups in total. The standard InChI is InChI=1S/C11H23N3O/c12-11(14-15)8-9-13-10-6-4-2-1-3-5-7-10/h10,13,15H,1-9H2,(H2,12,14). The molecule has 0 aromatic carbocycles. The Balaban J connectivity index is 2.12. The molecule has 0 heterocycles. The van der Waals surface area contributed by atoms with E-state index in [4.69, 9.17) is 10.9 Å². The second-order valence-corrected chi connectivity index (χ2v) is 4.34. The minimum Gasteiger partial charge on any atom is -0.409 e. The summed E-state index contributed by atoms with van der Waals surface area (Å²) in [6, 6.07) is 0.636. The number of hydrogen-bond donors (Lipinski definition) is 3. The summed E-state index contributed by atoms with van der Waals surface area (Å²) in [5.74, 6) is 0.313. The molecule has 88 valence electrons. The molecule has 1 fully saturated rings. The molecule has 0 amide bonds. The maximum atomic E-state index is 8.39. The van der Waals surface area contributed by atoms with E-state index in [1.165, 1.54) is 44.9 Å². The van der Waals surface area contributed by atoms with Crippen LogP contribution in [0.4, 0.5) is 0 Å². The van der Waals surface area contributed by atoms with E-state index in [1.54, 1.807) is 0 Å². The highest BCUT2D eigenvalue weighted by molar-refractivity contribution is 5.79. The zero-order valence-corrected chi connectivity index (χ0v) is 9.41. The van der Waals surface area contributed by atoms with E-state index < -0.39 is 0 Å². The predicted molar refractivity (Wildman–Crippen MR) is 62.1 cm³/mol.